The van der Waals surface area contributed by atoms with Gasteiger partial charge in [0.1, 0.15) is 5.82 Å². The summed E-state index contributed by atoms with van der Waals surface area (Å²) in [6, 6.07) is 11.1. The summed E-state index contributed by atoms with van der Waals surface area (Å²) in [4.78, 5) is 24.9. The maximum Gasteiger partial charge on any atom is 0.254 e. The molecular formula is C23H26FN5O2S. The van der Waals surface area contributed by atoms with Gasteiger partial charge in [0.2, 0.25) is 5.91 Å². The van der Waals surface area contributed by atoms with Gasteiger partial charge in [-0.15, -0.1) is 10.2 Å². The lowest BCUT2D eigenvalue weighted by molar-refractivity contribution is -0.113. The van der Waals surface area contributed by atoms with Gasteiger partial charge in [0.25, 0.3) is 5.91 Å². The predicted molar refractivity (Wildman–Crippen MR) is 123 cm³/mol. The normalized spacial score (nSPS) is 11.8. The molecule has 0 saturated heterocycles. The molecule has 0 bridgehead atoms. The molecule has 1 aromatic heterocycles. The molecule has 0 fully saturated rings. The van der Waals surface area contributed by atoms with Crippen molar-refractivity contribution in [1.29, 1.82) is 0 Å². The number of amides is 2. The molecule has 1 heterocycles. The van der Waals surface area contributed by atoms with E-state index >= 15 is 0 Å². The van der Waals surface area contributed by atoms with Crippen molar-refractivity contribution in [3.63, 3.8) is 0 Å². The Hall–Kier alpha value is -3.20. The number of benzene rings is 2. The Kier molecular flexibility index (Phi) is 7.63. The highest BCUT2D eigenvalue weighted by molar-refractivity contribution is 7.99. The van der Waals surface area contributed by atoms with Crippen molar-refractivity contribution in [3.05, 3.63) is 70.8 Å². The number of rotatable bonds is 8. The number of anilines is 1. The summed E-state index contributed by atoms with van der Waals surface area (Å²) in [5.41, 5.74) is 2.90. The number of hydrogen-bond donors (Lipinski definition) is 2. The quantitative estimate of drug-likeness (QED) is 0.495. The van der Waals surface area contributed by atoms with Crippen LogP contribution in [-0.4, -0.2) is 32.3 Å². The van der Waals surface area contributed by atoms with Gasteiger partial charge in [-0.2, -0.15) is 0 Å². The third-order valence-electron chi connectivity index (χ3n) is 5.13. The molecule has 0 radical (unpaired) electrons. The van der Waals surface area contributed by atoms with Gasteiger partial charge in [-0.1, -0.05) is 36.0 Å². The SMILES string of the molecule is CCn1c(SCC(=O)Nc2cccc(C)c2C)nnc1[C@H](C)NC(=O)c1ccccc1F. The number of aromatic nitrogens is 3. The van der Waals surface area contributed by atoms with Crippen molar-refractivity contribution in [1.82, 2.24) is 20.1 Å². The zero-order valence-electron chi connectivity index (χ0n) is 18.5. The van der Waals surface area contributed by atoms with Gasteiger partial charge in [-0.3, -0.25) is 9.59 Å². The van der Waals surface area contributed by atoms with Crippen LogP contribution in [0.4, 0.5) is 10.1 Å². The van der Waals surface area contributed by atoms with Crippen LogP contribution in [0.2, 0.25) is 0 Å². The Morgan fingerprint density at radius 1 is 1.12 bits per heavy atom. The molecule has 2 N–H and O–H groups in total. The molecule has 0 aliphatic carbocycles. The average molecular weight is 456 g/mol. The lowest BCUT2D eigenvalue weighted by Gasteiger charge is -2.15. The van der Waals surface area contributed by atoms with Gasteiger partial charge in [0.05, 0.1) is 17.4 Å². The third-order valence-corrected chi connectivity index (χ3v) is 6.09. The van der Waals surface area contributed by atoms with Gasteiger partial charge >= 0.3 is 0 Å². The first-order valence-corrected chi connectivity index (χ1v) is 11.3. The summed E-state index contributed by atoms with van der Waals surface area (Å²) in [5.74, 6) is -0.545. The number of halogens is 1. The number of thioether (sulfide) groups is 1. The van der Waals surface area contributed by atoms with E-state index in [2.05, 4.69) is 20.8 Å². The van der Waals surface area contributed by atoms with Gasteiger partial charge in [0, 0.05) is 12.2 Å². The molecule has 3 aromatic rings. The molecule has 0 aliphatic heterocycles. The summed E-state index contributed by atoms with van der Waals surface area (Å²) < 4.78 is 15.7. The molecule has 9 heteroatoms. The Morgan fingerprint density at radius 3 is 2.59 bits per heavy atom. The fourth-order valence-corrected chi connectivity index (χ4v) is 4.02. The third kappa shape index (κ3) is 5.34. The van der Waals surface area contributed by atoms with Crippen LogP contribution in [-0.2, 0) is 11.3 Å². The summed E-state index contributed by atoms with van der Waals surface area (Å²) >= 11 is 1.27. The van der Waals surface area contributed by atoms with Crippen LogP contribution in [0.5, 0.6) is 0 Å². The Morgan fingerprint density at radius 2 is 1.88 bits per heavy atom. The molecule has 0 saturated carbocycles. The first-order valence-electron chi connectivity index (χ1n) is 10.3. The van der Waals surface area contributed by atoms with Gasteiger partial charge in [-0.05, 0) is 57.0 Å². The zero-order chi connectivity index (χ0) is 23.3. The maximum atomic E-state index is 13.9. The molecule has 0 aliphatic rings. The van der Waals surface area contributed by atoms with Crippen LogP contribution in [0, 0.1) is 19.7 Å². The Balaban J connectivity index is 1.65. The van der Waals surface area contributed by atoms with E-state index in [1.165, 1.54) is 30.0 Å². The minimum absolute atomic E-state index is 0.0281. The van der Waals surface area contributed by atoms with Gasteiger partial charge < -0.3 is 15.2 Å². The molecule has 1 atom stereocenters. The minimum Gasteiger partial charge on any atom is -0.342 e. The first kappa shape index (κ1) is 23.5. The average Bonchev–Trinajstić information content (AvgIpc) is 3.19. The number of nitrogens with zero attached hydrogens (tertiary/aromatic N) is 3. The van der Waals surface area contributed by atoms with Crippen LogP contribution >= 0.6 is 11.8 Å². The molecular weight excluding hydrogens is 429 g/mol. The second kappa shape index (κ2) is 10.4. The first-order chi connectivity index (χ1) is 15.3. The fourth-order valence-electron chi connectivity index (χ4n) is 3.21. The van der Waals surface area contributed by atoms with E-state index in [1.807, 2.05) is 43.5 Å². The lowest BCUT2D eigenvalue weighted by atomic mass is 10.1. The number of carbonyl (C=O) groups is 2. The molecule has 32 heavy (non-hydrogen) atoms. The van der Waals surface area contributed by atoms with Crippen molar-refractivity contribution >= 4 is 29.3 Å². The van der Waals surface area contributed by atoms with E-state index in [0.29, 0.717) is 17.5 Å². The van der Waals surface area contributed by atoms with Crippen LogP contribution in [0.25, 0.3) is 0 Å². The monoisotopic (exact) mass is 455 g/mol. The second-order valence-electron chi connectivity index (χ2n) is 7.34. The highest BCUT2D eigenvalue weighted by Crippen LogP contribution is 2.22. The standard InChI is InChI=1S/C23H26FN5O2S/c1-5-29-21(16(4)25-22(31)17-10-6-7-11-18(17)24)27-28-23(29)32-13-20(30)26-19-12-8-9-14(2)15(19)3/h6-12,16H,5,13H2,1-4H3,(H,25,31)(H,26,30)/t16-/m0/s1. The highest BCUT2D eigenvalue weighted by atomic mass is 32.2. The van der Waals surface area contributed by atoms with E-state index in [9.17, 15) is 14.0 Å². The van der Waals surface area contributed by atoms with Crippen molar-refractivity contribution in [3.8, 4) is 0 Å². The van der Waals surface area contributed by atoms with E-state index in [4.69, 9.17) is 0 Å². The molecule has 168 valence electrons. The number of nitrogens with one attached hydrogen (secondary N) is 2. The summed E-state index contributed by atoms with van der Waals surface area (Å²) in [6.45, 7) is 8.21. The van der Waals surface area contributed by atoms with Crippen LogP contribution in [0.15, 0.2) is 47.6 Å². The number of hydrogen-bond acceptors (Lipinski definition) is 5. The van der Waals surface area contributed by atoms with Crippen LogP contribution in [0.1, 0.15) is 47.2 Å². The van der Waals surface area contributed by atoms with E-state index in [0.717, 1.165) is 16.8 Å². The summed E-state index contributed by atoms with van der Waals surface area (Å²) in [6.07, 6.45) is 0. The zero-order valence-corrected chi connectivity index (χ0v) is 19.3. The minimum atomic E-state index is -0.583. The van der Waals surface area contributed by atoms with Crippen molar-refractivity contribution < 1.29 is 14.0 Å². The van der Waals surface area contributed by atoms with Gasteiger partial charge in [0.15, 0.2) is 11.0 Å². The van der Waals surface area contributed by atoms with Crippen molar-refractivity contribution in [2.45, 2.75) is 45.4 Å². The van der Waals surface area contributed by atoms with E-state index in [-0.39, 0.29) is 17.2 Å². The number of aryl methyl sites for hydroxylation is 1. The Bertz CT molecular complexity index is 1130. The van der Waals surface area contributed by atoms with E-state index < -0.39 is 17.8 Å². The summed E-state index contributed by atoms with van der Waals surface area (Å²) in [5, 5.41) is 14.6. The maximum absolute atomic E-state index is 13.9. The van der Waals surface area contributed by atoms with Crippen LogP contribution < -0.4 is 10.6 Å². The lowest BCUT2D eigenvalue weighted by Crippen LogP contribution is -2.29. The predicted octanol–water partition coefficient (Wildman–Crippen LogP) is 4.28. The molecule has 7 nitrogen and oxygen atoms in total. The van der Waals surface area contributed by atoms with E-state index in [1.54, 1.807) is 13.0 Å². The number of carbonyl (C=O) groups excluding carboxylic acids is 2. The smallest absolute Gasteiger partial charge is 0.254 e. The molecule has 2 aromatic carbocycles. The summed E-state index contributed by atoms with van der Waals surface area (Å²) in [7, 11) is 0. The topological polar surface area (TPSA) is 88.9 Å². The van der Waals surface area contributed by atoms with Crippen LogP contribution in [0.3, 0.4) is 0 Å². The molecule has 0 spiro atoms. The molecule has 0 unspecified atom stereocenters. The second-order valence-corrected chi connectivity index (χ2v) is 8.29. The highest BCUT2D eigenvalue weighted by Gasteiger charge is 2.21. The fraction of sp³-hybridized carbons (Fsp3) is 0.304. The van der Waals surface area contributed by atoms with Gasteiger partial charge in [-0.25, -0.2) is 4.39 Å². The molecule has 3 rings (SSSR count). The Labute approximate surface area is 190 Å². The largest absolute Gasteiger partial charge is 0.342 e. The van der Waals surface area contributed by atoms with Crippen molar-refractivity contribution in [2.24, 2.45) is 0 Å². The molecule has 2 amide bonds. The van der Waals surface area contributed by atoms with Crippen molar-refractivity contribution in [2.75, 3.05) is 11.1 Å².